The van der Waals surface area contributed by atoms with Gasteiger partial charge in [-0.1, -0.05) is 45.9 Å². The Kier molecular flexibility index (Phi) is 4.40. The number of carbonyl (C=O) groups excluding carboxylic acids is 1. The molecule has 0 aliphatic rings. The Morgan fingerprint density at radius 2 is 1.67 bits per heavy atom. The lowest BCUT2D eigenvalue weighted by atomic mass is 9.92. The quantitative estimate of drug-likeness (QED) is 0.926. The van der Waals surface area contributed by atoms with Crippen molar-refractivity contribution in [1.29, 1.82) is 0 Å². The van der Waals surface area contributed by atoms with Gasteiger partial charge in [-0.3, -0.25) is 4.79 Å². The first-order chi connectivity index (χ1) is 9.90. The number of nitrogens with one attached hydrogen (secondary N) is 1. The van der Waals surface area contributed by atoms with Crippen molar-refractivity contribution in [2.45, 2.75) is 46.5 Å². The average molecular weight is 287 g/mol. The third kappa shape index (κ3) is 3.29. The van der Waals surface area contributed by atoms with Crippen molar-refractivity contribution in [3.63, 3.8) is 0 Å². The zero-order chi connectivity index (χ0) is 15.6. The van der Waals surface area contributed by atoms with E-state index < -0.39 is 0 Å². The highest BCUT2D eigenvalue weighted by atomic mass is 16.4. The molecule has 0 atom stereocenters. The van der Waals surface area contributed by atoms with Crippen molar-refractivity contribution in [3.05, 3.63) is 41.1 Å². The van der Waals surface area contributed by atoms with E-state index in [1.807, 2.05) is 18.2 Å². The van der Waals surface area contributed by atoms with Gasteiger partial charge in [0.15, 0.2) is 0 Å². The molecule has 0 fully saturated rings. The lowest BCUT2D eigenvalue weighted by Crippen LogP contribution is -2.16. The van der Waals surface area contributed by atoms with Crippen LogP contribution in [0.25, 0.3) is 0 Å². The number of carbonyl (C=O) groups is 1. The molecule has 1 heterocycles. The van der Waals surface area contributed by atoms with Crippen LogP contribution in [0, 0.1) is 6.92 Å². The zero-order valence-electron chi connectivity index (χ0n) is 13.1. The van der Waals surface area contributed by atoms with Gasteiger partial charge in [-0.25, -0.2) is 0 Å². The van der Waals surface area contributed by atoms with Crippen molar-refractivity contribution in [2.75, 3.05) is 5.32 Å². The van der Waals surface area contributed by atoms with E-state index in [1.165, 1.54) is 0 Å². The van der Waals surface area contributed by atoms with Crippen LogP contribution < -0.4 is 5.32 Å². The van der Waals surface area contributed by atoms with Crippen molar-refractivity contribution in [1.82, 2.24) is 10.2 Å². The second-order valence-electron chi connectivity index (χ2n) is 5.70. The van der Waals surface area contributed by atoms with E-state index in [-0.39, 0.29) is 11.8 Å². The lowest BCUT2D eigenvalue weighted by molar-refractivity contribution is 0.0988. The Balaban J connectivity index is 2.39. The first-order valence-corrected chi connectivity index (χ1v) is 7.14. The smallest absolute Gasteiger partial charge is 0.313 e. The molecule has 112 valence electrons. The maximum atomic E-state index is 12.3. The molecule has 0 radical (unpaired) electrons. The van der Waals surface area contributed by atoms with E-state index in [9.17, 15) is 4.79 Å². The molecule has 0 unspecified atom stereocenters. The van der Waals surface area contributed by atoms with Crippen LogP contribution in [-0.2, 0) is 0 Å². The summed E-state index contributed by atoms with van der Waals surface area (Å²) in [6, 6.07) is 6.09. The van der Waals surface area contributed by atoms with Crippen LogP contribution in [0.15, 0.2) is 22.6 Å². The monoisotopic (exact) mass is 287 g/mol. The van der Waals surface area contributed by atoms with Crippen LogP contribution >= 0.6 is 0 Å². The second kappa shape index (κ2) is 6.08. The molecule has 1 N–H and O–H groups in total. The number of benzene rings is 1. The average Bonchev–Trinajstić information content (AvgIpc) is 2.85. The molecule has 1 aromatic heterocycles. The van der Waals surface area contributed by atoms with Crippen molar-refractivity contribution >= 4 is 11.6 Å². The first kappa shape index (κ1) is 15.2. The topological polar surface area (TPSA) is 68.0 Å². The van der Waals surface area contributed by atoms with Crippen molar-refractivity contribution < 1.29 is 9.21 Å². The number of hydrogen-bond acceptors (Lipinski definition) is 4. The van der Waals surface area contributed by atoms with Crippen LogP contribution in [-0.4, -0.2) is 16.1 Å². The van der Waals surface area contributed by atoms with Crippen molar-refractivity contribution in [3.8, 4) is 0 Å². The molecule has 0 saturated carbocycles. The molecule has 0 bridgehead atoms. The van der Waals surface area contributed by atoms with E-state index in [0.717, 1.165) is 16.8 Å². The summed E-state index contributed by atoms with van der Waals surface area (Å²) < 4.78 is 5.18. The maximum Gasteiger partial charge on any atom is 0.313 e. The number of rotatable bonds is 4. The molecule has 1 aromatic carbocycles. The number of aromatic nitrogens is 2. The number of anilines is 1. The Morgan fingerprint density at radius 1 is 1.10 bits per heavy atom. The summed E-state index contributed by atoms with van der Waals surface area (Å²) >= 11 is 0. The van der Waals surface area contributed by atoms with E-state index in [4.69, 9.17) is 4.42 Å². The molecule has 1 amide bonds. The summed E-state index contributed by atoms with van der Waals surface area (Å²) in [7, 11) is 0. The number of nitrogens with zero attached hydrogens (tertiary/aromatic N) is 2. The van der Waals surface area contributed by atoms with Gasteiger partial charge in [0.25, 0.3) is 0 Å². The van der Waals surface area contributed by atoms with Crippen LogP contribution in [0.5, 0.6) is 0 Å². The molecule has 2 aromatic rings. The molecule has 0 spiro atoms. The second-order valence-corrected chi connectivity index (χ2v) is 5.70. The van der Waals surface area contributed by atoms with E-state index in [2.05, 4.69) is 43.2 Å². The third-order valence-electron chi connectivity index (χ3n) is 3.33. The van der Waals surface area contributed by atoms with Crippen molar-refractivity contribution in [2.24, 2.45) is 0 Å². The number of aryl methyl sites for hydroxylation is 1. The summed E-state index contributed by atoms with van der Waals surface area (Å²) in [5.41, 5.74) is 3.06. The standard InChI is InChI=1S/C16H21N3O2/c1-9(2)12-7-6-8-13(10(3)4)14(12)17-15(20)16-19-18-11(5)21-16/h6-10H,1-5H3,(H,17,20). The van der Waals surface area contributed by atoms with Crippen LogP contribution in [0.2, 0.25) is 0 Å². The Hall–Kier alpha value is -2.17. The fourth-order valence-corrected chi connectivity index (χ4v) is 2.25. The van der Waals surface area contributed by atoms with Gasteiger partial charge in [0.1, 0.15) is 0 Å². The number of hydrogen-bond donors (Lipinski definition) is 1. The van der Waals surface area contributed by atoms with Gasteiger partial charge in [-0.15, -0.1) is 10.2 Å². The minimum absolute atomic E-state index is 0.0132. The summed E-state index contributed by atoms with van der Waals surface area (Å²) in [4.78, 5) is 12.3. The Bertz CT molecular complexity index is 618. The van der Waals surface area contributed by atoms with Gasteiger partial charge in [-0.05, 0) is 23.0 Å². The number of amides is 1. The van der Waals surface area contributed by atoms with Gasteiger partial charge >= 0.3 is 11.8 Å². The molecule has 0 aliphatic carbocycles. The van der Waals surface area contributed by atoms with Gasteiger partial charge in [0.2, 0.25) is 5.89 Å². The predicted octanol–water partition coefficient (Wildman–Crippen LogP) is 3.88. The fourth-order valence-electron chi connectivity index (χ4n) is 2.25. The summed E-state index contributed by atoms with van der Waals surface area (Å²) in [6.45, 7) is 10.1. The van der Waals surface area contributed by atoms with Gasteiger partial charge < -0.3 is 9.73 Å². The highest BCUT2D eigenvalue weighted by Crippen LogP contribution is 2.32. The zero-order valence-corrected chi connectivity index (χ0v) is 13.1. The highest BCUT2D eigenvalue weighted by molar-refractivity contribution is 6.02. The van der Waals surface area contributed by atoms with E-state index >= 15 is 0 Å². The lowest BCUT2D eigenvalue weighted by Gasteiger charge is -2.19. The Labute approximate surface area is 124 Å². The maximum absolute atomic E-state index is 12.3. The fraction of sp³-hybridized carbons (Fsp3) is 0.438. The Morgan fingerprint density at radius 3 is 2.10 bits per heavy atom. The third-order valence-corrected chi connectivity index (χ3v) is 3.33. The van der Waals surface area contributed by atoms with Gasteiger partial charge in [0, 0.05) is 12.6 Å². The summed E-state index contributed by atoms with van der Waals surface area (Å²) in [5, 5.41) is 10.4. The van der Waals surface area contributed by atoms with E-state index in [1.54, 1.807) is 6.92 Å². The molecular formula is C16H21N3O2. The SMILES string of the molecule is Cc1nnc(C(=O)Nc2c(C(C)C)cccc2C(C)C)o1. The van der Waals surface area contributed by atoms with Crippen LogP contribution in [0.1, 0.15) is 67.2 Å². The van der Waals surface area contributed by atoms with Crippen LogP contribution in [0.3, 0.4) is 0 Å². The highest BCUT2D eigenvalue weighted by Gasteiger charge is 2.19. The summed E-state index contributed by atoms with van der Waals surface area (Å²) in [5.74, 6) is 0.611. The molecule has 21 heavy (non-hydrogen) atoms. The molecule has 5 nitrogen and oxygen atoms in total. The summed E-state index contributed by atoms with van der Waals surface area (Å²) in [6.07, 6.45) is 0. The number of para-hydroxylation sites is 1. The van der Waals surface area contributed by atoms with E-state index in [0.29, 0.717) is 17.7 Å². The predicted molar refractivity (Wildman–Crippen MR) is 81.6 cm³/mol. The molecule has 0 saturated heterocycles. The molecular weight excluding hydrogens is 266 g/mol. The largest absolute Gasteiger partial charge is 0.417 e. The minimum atomic E-state index is -0.370. The normalized spacial score (nSPS) is 11.2. The van der Waals surface area contributed by atoms with Gasteiger partial charge in [0.05, 0.1) is 0 Å². The van der Waals surface area contributed by atoms with Crippen LogP contribution in [0.4, 0.5) is 5.69 Å². The molecule has 5 heteroatoms. The first-order valence-electron chi connectivity index (χ1n) is 7.14. The minimum Gasteiger partial charge on any atom is -0.417 e. The molecule has 0 aliphatic heterocycles. The molecule has 2 rings (SSSR count). The van der Waals surface area contributed by atoms with Gasteiger partial charge in [-0.2, -0.15) is 0 Å².